The number of hydrogen-bond acceptors (Lipinski definition) is 4. The van der Waals surface area contributed by atoms with Gasteiger partial charge in [0, 0.05) is 13.0 Å². The van der Waals surface area contributed by atoms with E-state index in [-0.39, 0.29) is 28.5 Å². The molecule has 7 heteroatoms. The van der Waals surface area contributed by atoms with Crippen LogP contribution in [0.15, 0.2) is 6.33 Å². The molecule has 88 valence electrons. The Hall–Kier alpha value is -0.910. The van der Waals surface area contributed by atoms with Gasteiger partial charge in [-0.1, -0.05) is 23.2 Å². The molecule has 1 aromatic rings. The monoisotopic (exact) mass is 263 g/mol. The van der Waals surface area contributed by atoms with Crippen molar-refractivity contribution in [2.45, 2.75) is 19.3 Å². The van der Waals surface area contributed by atoms with Gasteiger partial charge in [-0.3, -0.25) is 4.79 Å². The summed E-state index contributed by atoms with van der Waals surface area (Å²) in [7, 11) is 0. The number of hydrogen-bond donors (Lipinski definition) is 2. The molecule has 16 heavy (non-hydrogen) atoms. The van der Waals surface area contributed by atoms with Crippen molar-refractivity contribution in [1.82, 2.24) is 9.97 Å². The Labute approximate surface area is 103 Å². The second kappa shape index (κ2) is 6.62. The minimum atomic E-state index is -0.230. The average molecular weight is 264 g/mol. The first kappa shape index (κ1) is 13.2. The zero-order valence-corrected chi connectivity index (χ0v) is 9.92. The van der Waals surface area contributed by atoms with Gasteiger partial charge in [-0.25, -0.2) is 9.97 Å². The number of rotatable bonds is 5. The highest BCUT2D eigenvalue weighted by atomic mass is 35.5. The van der Waals surface area contributed by atoms with Crippen molar-refractivity contribution >= 4 is 34.8 Å². The normalized spacial score (nSPS) is 10.2. The van der Waals surface area contributed by atoms with Crippen LogP contribution in [-0.4, -0.2) is 27.6 Å². The van der Waals surface area contributed by atoms with Crippen LogP contribution in [-0.2, 0) is 4.79 Å². The quantitative estimate of drug-likeness (QED) is 0.629. The summed E-state index contributed by atoms with van der Waals surface area (Å²) in [5.41, 5.74) is 0.222. The first-order valence-electron chi connectivity index (χ1n) is 4.72. The maximum Gasteiger partial charge on any atom is 0.224 e. The first-order chi connectivity index (χ1) is 7.65. The van der Waals surface area contributed by atoms with Gasteiger partial charge in [0.05, 0.1) is 0 Å². The molecule has 0 aromatic carbocycles. The maximum atomic E-state index is 11.4. The Kier molecular flexibility index (Phi) is 5.45. The number of carbonyl (C=O) groups excluding carboxylic acids is 1. The maximum absolute atomic E-state index is 11.4. The number of carbonyl (C=O) groups is 1. The number of anilines is 1. The van der Waals surface area contributed by atoms with Crippen molar-refractivity contribution in [3.8, 4) is 0 Å². The molecule has 1 amide bonds. The summed E-state index contributed by atoms with van der Waals surface area (Å²) in [5, 5.41) is 11.3. The minimum Gasteiger partial charge on any atom is -0.396 e. The number of unbranched alkanes of at least 4 members (excludes halogenated alkanes) is 1. The summed E-state index contributed by atoms with van der Waals surface area (Å²) >= 11 is 11.5. The second-order valence-electron chi connectivity index (χ2n) is 3.06. The van der Waals surface area contributed by atoms with Crippen LogP contribution in [0.5, 0.6) is 0 Å². The number of nitrogens with one attached hydrogen (secondary N) is 1. The Morgan fingerprint density at radius 1 is 1.31 bits per heavy atom. The topological polar surface area (TPSA) is 75.1 Å². The summed E-state index contributed by atoms with van der Waals surface area (Å²) in [4.78, 5) is 18.8. The molecule has 1 aromatic heterocycles. The van der Waals surface area contributed by atoms with Crippen LogP contribution in [0, 0.1) is 0 Å². The van der Waals surface area contributed by atoms with Crippen molar-refractivity contribution < 1.29 is 9.90 Å². The Bertz CT molecular complexity index is 354. The summed E-state index contributed by atoms with van der Waals surface area (Å²) in [5.74, 6) is -0.230. The van der Waals surface area contributed by atoms with E-state index < -0.39 is 0 Å². The van der Waals surface area contributed by atoms with E-state index in [1.165, 1.54) is 6.33 Å². The highest BCUT2D eigenvalue weighted by molar-refractivity contribution is 6.38. The van der Waals surface area contributed by atoms with E-state index in [1.54, 1.807) is 0 Å². The number of halogens is 2. The summed E-state index contributed by atoms with van der Waals surface area (Å²) in [6, 6.07) is 0. The molecule has 0 bridgehead atoms. The molecular formula is C9H11Cl2N3O2. The van der Waals surface area contributed by atoms with Gasteiger partial charge in [0.25, 0.3) is 0 Å². The molecule has 0 aliphatic carbocycles. The van der Waals surface area contributed by atoms with Gasteiger partial charge in [0.1, 0.15) is 12.0 Å². The number of aliphatic hydroxyl groups is 1. The fourth-order valence-electron chi connectivity index (χ4n) is 1.05. The van der Waals surface area contributed by atoms with Gasteiger partial charge < -0.3 is 10.4 Å². The summed E-state index contributed by atoms with van der Waals surface area (Å²) < 4.78 is 0. The Morgan fingerprint density at radius 3 is 2.50 bits per heavy atom. The molecule has 1 rings (SSSR count). The molecule has 0 unspecified atom stereocenters. The standard InChI is InChI=1S/C9H11Cl2N3O2/c10-8-7(9(11)13-5-12-8)14-6(16)3-1-2-4-15/h5,15H,1-4H2,(H,14,16). The van der Waals surface area contributed by atoms with Gasteiger partial charge >= 0.3 is 0 Å². The van der Waals surface area contributed by atoms with Crippen molar-refractivity contribution in [3.05, 3.63) is 16.6 Å². The lowest BCUT2D eigenvalue weighted by Gasteiger charge is -2.06. The largest absolute Gasteiger partial charge is 0.396 e. The Balaban J connectivity index is 2.56. The third kappa shape index (κ3) is 3.92. The molecule has 0 spiro atoms. The zero-order valence-electron chi connectivity index (χ0n) is 8.41. The molecule has 0 radical (unpaired) electrons. The predicted octanol–water partition coefficient (Wildman–Crippen LogP) is 1.88. The molecule has 1 heterocycles. The van der Waals surface area contributed by atoms with Crippen LogP contribution in [0.1, 0.15) is 19.3 Å². The molecule has 0 aliphatic heterocycles. The number of amides is 1. The second-order valence-corrected chi connectivity index (χ2v) is 3.78. The molecule has 0 atom stereocenters. The van der Waals surface area contributed by atoms with Crippen LogP contribution in [0.25, 0.3) is 0 Å². The fraction of sp³-hybridized carbons (Fsp3) is 0.444. The van der Waals surface area contributed by atoms with E-state index in [9.17, 15) is 4.79 Å². The van der Waals surface area contributed by atoms with Crippen molar-refractivity contribution in [1.29, 1.82) is 0 Å². The molecular weight excluding hydrogens is 253 g/mol. The van der Waals surface area contributed by atoms with E-state index in [4.69, 9.17) is 28.3 Å². The fourth-order valence-corrected chi connectivity index (χ4v) is 1.46. The van der Waals surface area contributed by atoms with E-state index in [0.717, 1.165) is 0 Å². The minimum absolute atomic E-state index is 0.0727. The lowest BCUT2D eigenvalue weighted by Crippen LogP contribution is -2.12. The van der Waals surface area contributed by atoms with Crippen LogP contribution in [0.2, 0.25) is 10.3 Å². The lowest BCUT2D eigenvalue weighted by atomic mass is 10.2. The third-order valence-electron chi connectivity index (χ3n) is 1.83. The van der Waals surface area contributed by atoms with Crippen LogP contribution >= 0.6 is 23.2 Å². The third-order valence-corrected chi connectivity index (χ3v) is 2.40. The highest BCUT2D eigenvalue weighted by Gasteiger charge is 2.11. The van der Waals surface area contributed by atoms with E-state index >= 15 is 0 Å². The Morgan fingerprint density at radius 2 is 1.94 bits per heavy atom. The van der Waals surface area contributed by atoms with Crippen molar-refractivity contribution in [2.75, 3.05) is 11.9 Å². The van der Waals surface area contributed by atoms with Crippen molar-refractivity contribution in [3.63, 3.8) is 0 Å². The zero-order chi connectivity index (χ0) is 12.0. The predicted molar refractivity (Wildman–Crippen MR) is 61.6 cm³/mol. The highest BCUT2D eigenvalue weighted by Crippen LogP contribution is 2.25. The molecule has 5 nitrogen and oxygen atoms in total. The van der Waals surface area contributed by atoms with Crippen LogP contribution < -0.4 is 5.32 Å². The first-order valence-corrected chi connectivity index (χ1v) is 5.47. The van der Waals surface area contributed by atoms with Crippen molar-refractivity contribution in [2.24, 2.45) is 0 Å². The number of nitrogens with zero attached hydrogens (tertiary/aromatic N) is 2. The molecule has 0 aliphatic rings. The smallest absolute Gasteiger partial charge is 0.224 e. The molecule has 2 N–H and O–H groups in total. The number of aromatic nitrogens is 2. The van der Waals surface area contributed by atoms with Gasteiger partial charge in [-0.2, -0.15) is 0 Å². The number of aliphatic hydroxyl groups excluding tert-OH is 1. The van der Waals surface area contributed by atoms with Gasteiger partial charge in [-0.05, 0) is 12.8 Å². The van der Waals surface area contributed by atoms with E-state index in [2.05, 4.69) is 15.3 Å². The lowest BCUT2D eigenvalue weighted by molar-refractivity contribution is -0.116. The SMILES string of the molecule is O=C(CCCCO)Nc1c(Cl)ncnc1Cl. The molecule has 0 saturated carbocycles. The van der Waals surface area contributed by atoms with Gasteiger partial charge in [0.2, 0.25) is 5.91 Å². The average Bonchev–Trinajstić information content (AvgIpc) is 2.24. The molecule has 0 fully saturated rings. The van der Waals surface area contributed by atoms with Crippen LogP contribution in [0.3, 0.4) is 0 Å². The summed E-state index contributed by atoms with van der Waals surface area (Å²) in [6.07, 6.45) is 2.69. The summed E-state index contributed by atoms with van der Waals surface area (Å²) in [6.45, 7) is 0.0727. The van der Waals surface area contributed by atoms with E-state index in [1.807, 2.05) is 0 Å². The van der Waals surface area contributed by atoms with Crippen LogP contribution in [0.4, 0.5) is 5.69 Å². The van der Waals surface area contributed by atoms with E-state index in [0.29, 0.717) is 19.3 Å². The van der Waals surface area contributed by atoms with Gasteiger partial charge in [-0.15, -0.1) is 0 Å². The molecule has 0 saturated heterocycles. The van der Waals surface area contributed by atoms with Gasteiger partial charge in [0.15, 0.2) is 10.3 Å².